The number of aromatic nitrogens is 4. The molecule has 0 unspecified atom stereocenters. The molecule has 4 rings (SSSR count). The quantitative estimate of drug-likeness (QED) is 0.797. The van der Waals surface area contributed by atoms with Gasteiger partial charge in [-0.2, -0.15) is 5.10 Å². The van der Waals surface area contributed by atoms with Gasteiger partial charge >= 0.3 is 0 Å². The van der Waals surface area contributed by atoms with Crippen LogP contribution >= 0.6 is 0 Å². The van der Waals surface area contributed by atoms with Crippen molar-refractivity contribution in [3.05, 3.63) is 41.9 Å². The first kappa shape index (κ1) is 12.3. The molecule has 0 atom stereocenters. The van der Waals surface area contributed by atoms with Gasteiger partial charge in [-0.3, -0.25) is 4.68 Å². The highest BCUT2D eigenvalue weighted by Crippen LogP contribution is 2.36. The highest BCUT2D eigenvalue weighted by molar-refractivity contribution is 5.79. The van der Waals surface area contributed by atoms with Gasteiger partial charge in [-0.15, -0.1) is 0 Å². The van der Waals surface area contributed by atoms with Gasteiger partial charge in [-0.05, 0) is 38.8 Å². The molecule has 0 spiro atoms. The minimum atomic E-state index is 0.584. The number of nitrogens with one attached hydrogen (secondary N) is 1. The number of nitrogens with zero attached hydrogens (tertiary/aromatic N) is 4. The summed E-state index contributed by atoms with van der Waals surface area (Å²) in [4.78, 5) is 8.96. The van der Waals surface area contributed by atoms with E-state index in [1.165, 1.54) is 18.4 Å². The number of rotatable bonds is 3. The second kappa shape index (κ2) is 4.55. The Balaban J connectivity index is 1.66. The van der Waals surface area contributed by atoms with Crippen LogP contribution in [0.4, 0.5) is 11.6 Å². The van der Waals surface area contributed by atoms with Crippen molar-refractivity contribution in [1.82, 2.24) is 19.7 Å². The summed E-state index contributed by atoms with van der Waals surface area (Å²) in [7, 11) is 0. The lowest BCUT2D eigenvalue weighted by atomic mass is 10.2. The van der Waals surface area contributed by atoms with E-state index >= 15 is 0 Å². The van der Waals surface area contributed by atoms with Gasteiger partial charge in [-0.25, -0.2) is 9.97 Å². The Morgan fingerprint density at radius 2 is 2.05 bits per heavy atom. The van der Waals surface area contributed by atoms with Gasteiger partial charge in [0.1, 0.15) is 0 Å². The van der Waals surface area contributed by atoms with Gasteiger partial charge < -0.3 is 5.32 Å². The molecule has 5 heteroatoms. The lowest BCUT2D eigenvalue weighted by Crippen LogP contribution is -2.01. The van der Waals surface area contributed by atoms with Gasteiger partial charge in [0, 0.05) is 11.6 Å². The second-order valence-corrected chi connectivity index (χ2v) is 5.70. The standard InChI is InChI=1S/C16H17N5/c1-10-3-6-14-12(7-10)8-17-16(19-14)20-15-9-18-21(11(15)2)13-4-5-13/h3,6-9,13H,4-5H2,1-2H3,(H,17,19,20). The van der Waals surface area contributed by atoms with E-state index in [2.05, 4.69) is 51.0 Å². The van der Waals surface area contributed by atoms with E-state index in [9.17, 15) is 0 Å². The summed E-state index contributed by atoms with van der Waals surface area (Å²) in [6.07, 6.45) is 6.18. The number of hydrogen-bond donors (Lipinski definition) is 1. The summed E-state index contributed by atoms with van der Waals surface area (Å²) < 4.78 is 2.09. The Morgan fingerprint density at radius 1 is 1.19 bits per heavy atom. The maximum Gasteiger partial charge on any atom is 0.227 e. The smallest absolute Gasteiger partial charge is 0.227 e. The molecule has 0 saturated heterocycles. The van der Waals surface area contributed by atoms with Gasteiger partial charge in [0.05, 0.1) is 29.1 Å². The average molecular weight is 279 g/mol. The fourth-order valence-corrected chi connectivity index (χ4v) is 2.57. The predicted molar refractivity (Wildman–Crippen MR) is 82.8 cm³/mol. The molecule has 1 aliphatic rings. The SMILES string of the molecule is Cc1ccc2nc(Nc3cnn(C4CC4)c3C)ncc2c1. The van der Waals surface area contributed by atoms with Gasteiger partial charge in [0.2, 0.25) is 5.95 Å². The summed E-state index contributed by atoms with van der Waals surface area (Å²) in [6.45, 7) is 4.15. The summed E-state index contributed by atoms with van der Waals surface area (Å²) in [5.74, 6) is 0.616. The first-order chi connectivity index (χ1) is 10.2. The summed E-state index contributed by atoms with van der Waals surface area (Å²) >= 11 is 0. The highest BCUT2D eigenvalue weighted by atomic mass is 15.3. The topological polar surface area (TPSA) is 55.6 Å². The van der Waals surface area contributed by atoms with Crippen molar-refractivity contribution in [1.29, 1.82) is 0 Å². The molecule has 2 heterocycles. The van der Waals surface area contributed by atoms with Crippen LogP contribution in [0.5, 0.6) is 0 Å². The van der Waals surface area contributed by atoms with E-state index in [1.807, 2.05) is 18.5 Å². The third-order valence-electron chi connectivity index (χ3n) is 3.92. The fourth-order valence-electron chi connectivity index (χ4n) is 2.57. The van der Waals surface area contributed by atoms with E-state index in [4.69, 9.17) is 0 Å². The Hall–Kier alpha value is -2.43. The molecule has 21 heavy (non-hydrogen) atoms. The van der Waals surface area contributed by atoms with E-state index < -0.39 is 0 Å². The Labute approximate surface area is 123 Å². The maximum atomic E-state index is 4.56. The Morgan fingerprint density at radius 3 is 2.86 bits per heavy atom. The second-order valence-electron chi connectivity index (χ2n) is 5.70. The lowest BCUT2D eigenvalue weighted by molar-refractivity contribution is 0.622. The normalized spacial score (nSPS) is 14.6. The van der Waals surface area contributed by atoms with E-state index in [-0.39, 0.29) is 0 Å². The summed E-state index contributed by atoms with van der Waals surface area (Å²) in [5.41, 5.74) is 4.29. The minimum Gasteiger partial charge on any atom is -0.321 e. The zero-order valence-corrected chi connectivity index (χ0v) is 12.2. The molecular weight excluding hydrogens is 262 g/mol. The number of hydrogen-bond acceptors (Lipinski definition) is 4. The summed E-state index contributed by atoms with van der Waals surface area (Å²) in [6, 6.07) is 6.77. The van der Waals surface area contributed by atoms with Crippen molar-refractivity contribution in [2.45, 2.75) is 32.7 Å². The van der Waals surface area contributed by atoms with Gasteiger partial charge in [0.15, 0.2) is 0 Å². The maximum absolute atomic E-state index is 4.56. The van der Waals surface area contributed by atoms with E-state index in [0.29, 0.717) is 12.0 Å². The zero-order valence-electron chi connectivity index (χ0n) is 12.2. The molecule has 1 aliphatic carbocycles. The van der Waals surface area contributed by atoms with Crippen molar-refractivity contribution >= 4 is 22.5 Å². The van der Waals surface area contributed by atoms with Crippen molar-refractivity contribution in [3.8, 4) is 0 Å². The van der Waals surface area contributed by atoms with Crippen molar-refractivity contribution < 1.29 is 0 Å². The number of aryl methyl sites for hydroxylation is 1. The molecule has 1 N–H and O–H groups in total. The van der Waals surface area contributed by atoms with Crippen LogP contribution in [-0.2, 0) is 0 Å². The van der Waals surface area contributed by atoms with Crippen molar-refractivity contribution in [2.75, 3.05) is 5.32 Å². The van der Waals surface area contributed by atoms with Crippen LogP contribution in [-0.4, -0.2) is 19.7 Å². The minimum absolute atomic E-state index is 0.584. The van der Waals surface area contributed by atoms with Gasteiger partial charge in [-0.1, -0.05) is 11.6 Å². The first-order valence-electron chi connectivity index (χ1n) is 7.25. The van der Waals surface area contributed by atoms with Crippen LogP contribution < -0.4 is 5.32 Å². The third kappa shape index (κ3) is 2.24. The molecule has 3 aromatic rings. The molecule has 1 aromatic carbocycles. The largest absolute Gasteiger partial charge is 0.321 e. The molecule has 2 aromatic heterocycles. The van der Waals surface area contributed by atoms with Crippen LogP contribution in [0.3, 0.4) is 0 Å². The van der Waals surface area contributed by atoms with Crippen LogP contribution in [0.15, 0.2) is 30.6 Å². The average Bonchev–Trinajstić information content (AvgIpc) is 3.25. The Bertz CT molecular complexity index is 817. The molecule has 1 saturated carbocycles. The predicted octanol–water partition coefficient (Wildman–Crippen LogP) is 3.52. The fraction of sp³-hybridized carbons (Fsp3) is 0.312. The number of anilines is 2. The Kier molecular flexibility index (Phi) is 2.67. The van der Waals surface area contributed by atoms with Crippen LogP contribution in [0.1, 0.15) is 30.1 Å². The first-order valence-corrected chi connectivity index (χ1v) is 7.25. The monoisotopic (exact) mass is 279 g/mol. The number of benzene rings is 1. The van der Waals surface area contributed by atoms with Crippen molar-refractivity contribution in [2.24, 2.45) is 0 Å². The molecular formula is C16H17N5. The highest BCUT2D eigenvalue weighted by Gasteiger charge is 2.26. The van der Waals surface area contributed by atoms with Crippen molar-refractivity contribution in [3.63, 3.8) is 0 Å². The molecule has 0 amide bonds. The zero-order chi connectivity index (χ0) is 14.4. The third-order valence-corrected chi connectivity index (χ3v) is 3.92. The van der Waals surface area contributed by atoms with Crippen LogP contribution in [0, 0.1) is 13.8 Å². The molecule has 1 fully saturated rings. The molecule has 0 aliphatic heterocycles. The lowest BCUT2D eigenvalue weighted by Gasteiger charge is -2.06. The van der Waals surface area contributed by atoms with Gasteiger partial charge in [0.25, 0.3) is 0 Å². The summed E-state index contributed by atoms with van der Waals surface area (Å²) in [5, 5.41) is 8.78. The van der Waals surface area contributed by atoms with E-state index in [1.54, 1.807) is 0 Å². The molecule has 0 bridgehead atoms. The molecule has 0 radical (unpaired) electrons. The van der Waals surface area contributed by atoms with Crippen LogP contribution in [0.25, 0.3) is 10.9 Å². The van der Waals surface area contributed by atoms with Crippen LogP contribution in [0.2, 0.25) is 0 Å². The van der Waals surface area contributed by atoms with E-state index in [0.717, 1.165) is 22.3 Å². The number of fused-ring (bicyclic) bond motifs is 1. The molecule has 5 nitrogen and oxygen atoms in total. The molecule has 106 valence electrons.